The van der Waals surface area contributed by atoms with E-state index in [4.69, 9.17) is 4.74 Å². The summed E-state index contributed by atoms with van der Waals surface area (Å²) in [7, 11) is 0. The summed E-state index contributed by atoms with van der Waals surface area (Å²) >= 11 is 0. The molecule has 154 valence electrons. The van der Waals surface area contributed by atoms with Crippen LogP contribution in [-0.2, 0) is 16.0 Å². The molecule has 0 N–H and O–H groups in total. The number of nitrogens with zero attached hydrogens (tertiary/aromatic N) is 4. The van der Waals surface area contributed by atoms with Crippen molar-refractivity contribution in [3.05, 3.63) is 66.1 Å². The summed E-state index contributed by atoms with van der Waals surface area (Å²) in [5.41, 5.74) is 1.48. The summed E-state index contributed by atoms with van der Waals surface area (Å²) in [4.78, 5) is 33.0. The molecule has 0 unspecified atom stereocenters. The maximum absolute atomic E-state index is 13.6. The van der Waals surface area contributed by atoms with Crippen LogP contribution in [0, 0.1) is 5.41 Å². The second-order valence-corrected chi connectivity index (χ2v) is 8.14. The predicted molar refractivity (Wildman–Crippen MR) is 110 cm³/mol. The fourth-order valence-corrected chi connectivity index (χ4v) is 5.35. The molecule has 2 aromatic heterocycles. The van der Waals surface area contributed by atoms with Crippen molar-refractivity contribution >= 4 is 17.5 Å². The molecule has 3 atom stereocenters. The van der Waals surface area contributed by atoms with Gasteiger partial charge in [-0.3, -0.25) is 9.59 Å². The molecule has 0 radical (unpaired) electrons. The number of carbonyl (C=O) groups excluding carboxylic acids is 2. The first-order chi connectivity index (χ1) is 14.6. The Kier molecular flexibility index (Phi) is 4.53. The lowest BCUT2D eigenvalue weighted by Crippen LogP contribution is -2.47. The third kappa shape index (κ3) is 2.80. The number of carbonyl (C=O) groups is 2. The van der Waals surface area contributed by atoms with Crippen LogP contribution in [0.15, 0.2) is 54.9 Å². The van der Waals surface area contributed by atoms with Gasteiger partial charge in [-0.05, 0) is 50.3 Å². The number of amides is 1. The van der Waals surface area contributed by atoms with E-state index in [9.17, 15) is 9.59 Å². The Morgan fingerprint density at radius 3 is 2.77 bits per heavy atom. The third-order valence-corrected chi connectivity index (χ3v) is 6.54. The fourth-order valence-electron chi connectivity index (χ4n) is 5.35. The Bertz CT molecular complexity index is 1100. The van der Waals surface area contributed by atoms with Crippen molar-refractivity contribution in [1.29, 1.82) is 0 Å². The van der Waals surface area contributed by atoms with Crippen LogP contribution >= 0.6 is 0 Å². The van der Waals surface area contributed by atoms with E-state index < -0.39 is 5.41 Å². The van der Waals surface area contributed by atoms with E-state index in [0.717, 1.165) is 18.4 Å². The van der Waals surface area contributed by atoms with E-state index in [2.05, 4.69) is 10.1 Å². The molecule has 7 heteroatoms. The fraction of sp³-hybridized carbons (Fsp3) is 0.391. The average molecular weight is 404 g/mol. The molecule has 0 saturated carbocycles. The van der Waals surface area contributed by atoms with E-state index in [-0.39, 0.29) is 24.0 Å². The van der Waals surface area contributed by atoms with Crippen LogP contribution in [0.3, 0.4) is 0 Å². The molecular formula is C23H24N4O3. The summed E-state index contributed by atoms with van der Waals surface area (Å²) in [6.07, 6.45) is 4.35. The molecule has 1 aromatic carbocycles. The number of hydrogen-bond acceptors (Lipinski definition) is 5. The molecule has 0 aliphatic carbocycles. The van der Waals surface area contributed by atoms with E-state index in [1.807, 2.05) is 54.3 Å². The molecule has 2 bridgehead atoms. The van der Waals surface area contributed by atoms with Crippen LogP contribution in [0.1, 0.15) is 42.2 Å². The Labute approximate surface area is 174 Å². The number of pyridine rings is 1. The smallest absolute Gasteiger partial charge is 0.314 e. The largest absolute Gasteiger partial charge is 0.465 e. The topological polar surface area (TPSA) is 76.8 Å². The van der Waals surface area contributed by atoms with Crippen molar-refractivity contribution in [1.82, 2.24) is 19.5 Å². The van der Waals surface area contributed by atoms with Crippen molar-refractivity contribution in [2.24, 2.45) is 5.41 Å². The minimum Gasteiger partial charge on any atom is -0.465 e. The molecule has 2 fully saturated rings. The summed E-state index contributed by atoms with van der Waals surface area (Å²) in [6.45, 7) is 2.16. The van der Waals surface area contributed by atoms with E-state index >= 15 is 0 Å². The van der Waals surface area contributed by atoms with Gasteiger partial charge in [0, 0.05) is 12.1 Å². The summed E-state index contributed by atoms with van der Waals surface area (Å²) in [5.74, 6) is -0.296. The Morgan fingerprint density at radius 1 is 1.13 bits per heavy atom. The number of hydrogen-bond donors (Lipinski definition) is 0. The van der Waals surface area contributed by atoms with E-state index in [1.54, 1.807) is 10.6 Å². The number of fused-ring (bicyclic) bond motifs is 3. The quantitative estimate of drug-likeness (QED) is 0.611. The highest BCUT2D eigenvalue weighted by molar-refractivity contribution is 5.95. The Hall–Kier alpha value is -3.22. The molecule has 4 heterocycles. The zero-order chi connectivity index (χ0) is 20.7. The zero-order valence-corrected chi connectivity index (χ0v) is 16.9. The minimum absolute atomic E-state index is 0.0226. The highest BCUT2D eigenvalue weighted by Gasteiger charge is 2.62. The molecule has 5 rings (SSSR count). The van der Waals surface area contributed by atoms with Crippen molar-refractivity contribution in [3.8, 4) is 0 Å². The lowest BCUT2D eigenvalue weighted by Gasteiger charge is -2.35. The van der Waals surface area contributed by atoms with Gasteiger partial charge < -0.3 is 9.64 Å². The van der Waals surface area contributed by atoms with Gasteiger partial charge in [-0.1, -0.05) is 36.4 Å². The second kappa shape index (κ2) is 7.23. The first kappa shape index (κ1) is 18.8. The maximum Gasteiger partial charge on any atom is 0.314 e. The normalized spacial score (nSPS) is 25.0. The molecule has 2 saturated heterocycles. The highest BCUT2D eigenvalue weighted by Crippen LogP contribution is 2.52. The molecule has 1 amide bonds. The predicted octanol–water partition coefficient (Wildman–Crippen LogP) is 2.90. The van der Waals surface area contributed by atoms with Crippen molar-refractivity contribution in [3.63, 3.8) is 0 Å². The minimum atomic E-state index is -0.716. The second-order valence-electron chi connectivity index (χ2n) is 8.14. The SMILES string of the molecule is CCOC(=O)[C@@]1(Cc2ccccc2)C[C@H]2CC[C@@H]1N2C(=O)c1cccc2ncnn12. The average Bonchev–Trinajstić information content (AvgIpc) is 3.47. The van der Waals surface area contributed by atoms with Gasteiger partial charge in [-0.2, -0.15) is 5.10 Å². The molecule has 30 heavy (non-hydrogen) atoms. The van der Waals surface area contributed by atoms with E-state index in [0.29, 0.717) is 30.8 Å². The van der Waals surface area contributed by atoms with Gasteiger partial charge in [0.05, 0.1) is 12.0 Å². The van der Waals surface area contributed by atoms with Crippen LogP contribution in [0.4, 0.5) is 0 Å². The molecule has 3 aromatic rings. The first-order valence-electron chi connectivity index (χ1n) is 10.5. The lowest BCUT2D eigenvalue weighted by molar-refractivity contribution is -0.157. The summed E-state index contributed by atoms with van der Waals surface area (Å²) < 4.78 is 7.11. The van der Waals surface area contributed by atoms with Gasteiger partial charge in [-0.25, -0.2) is 9.50 Å². The Balaban J connectivity index is 1.53. The standard InChI is InChI=1S/C23H24N4O3/c1-2-30-22(29)23(13-16-7-4-3-5-8-16)14-17-11-12-19(23)26(17)21(28)18-9-6-10-20-24-15-25-27(18)20/h3-10,15,17,19H,2,11-14H2,1H3/t17-,19+,23+/m1/s1. The number of aromatic nitrogens is 3. The zero-order valence-electron chi connectivity index (χ0n) is 16.9. The van der Waals surface area contributed by atoms with Gasteiger partial charge in [0.15, 0.2) is 5.65 Å². The maximum atomic E-state index is 13.6. The number of rotatable bonds is 5. The van der Waals surface area contributed by atoms with Gasteiger partial charge >= 0.3 is 5.97 Å². The number of esters is 1. The van der Waals surface area contributed by atoms with Crippen LogP contribution in [0.5, 0.6) is 0 Å². The van der Waals surface area contributed by atoms with Gasteiger partial charge in [0.2, 0.25) is 0 Å². The van der Waals surface area contributed by atoms with Crippen molar-refractivity contribution < 1.29 is 14.3 Å². The monoisotopic (exact) mass is 404 g/mol. The Morgan fingerprint density at radius 2 is 1.97 bits per heavy atom. The molecule has 7 nitrogen and oxygen atoms in total. The molecule has 2 aliphatic rings. The number of benzene rings is 1. The van der Waals surface area contributed by atoms with Crippen LogP contribution in [0.2, 0.25) is 0 Å². The summed E-state index contributed by atoms with van der Waals surface area (Å²) in [6, 6.07) is 15.2. The van der Waals surface area contributed by atoms with Crippen LogP contribution in [-0.4, -0.2) is 50.1 Å². The summed E-state index contributed by atoms with van der Waals surface area (Å²) in [5, 5.41) is 4.22. The van der Waals surface area contributed by atoms with Crippen molar-refractivity contribution in [2.45, 2.75) is 44.7 Å². The molecule has 0 spiro atoms. The lowest BCUT2D eigenvalue weighted by atomic mass is 9.70. The van der Waals surface area contributed by atoms with Gasteiger partial charge in [0.25, 0.3) is 5.91 Å². The highest BCUT2D eigenvalue weighted by atomic mass is 16.5. The molecule has 2 aliphatic heterocycles. The first-order valence-corrected chi connectivity index (χ1v) is 10.5. The van der Waals surface area contributed by atoms with Crippen LogP contribution < -0.4 is 0 Å². The van der Waals surface area contributed by atoms with Gasteiger partial charge in [0.1, 0.15) is 12.0 Å². The van der Waals surface area contributed by atoms with Crippen LogP contribution in [0.25, 0.3) is 5.65 Å². The van der Waals surface area contributed by atoms with Crippen molar-refractivity contribution in [2.75, 3.05) is 6.61 Å². The molecular weight excluding hydrogens is 380 g/mol. The van der Waals surface area contributed by atoms with Gasteiger partial charge in [-0.15, -0.1) is 0 Å². The number of ether oxygens (including phenoxy) is 1. The third-order valence-electron chi connectivity index (χ3n) is 6.54. The van der Waals surface area contributed by atoms with E-state index in [1.165, 1.54) is 6.33 Å².